The SMILES string of the molecule is O=C(O)Cn1c(SCCC(c2ccccc2)c2ccccc2)nc2ccc([N+](=O)[O-])cc21. The predicted molar refractivity (Wildman–Crippen MR) is 124 cm³/mol. The van der Waals surface area contributed by atoms with Crippen LogP contribution in [-0.4, -0.2) is 31.3 Å². The Kier molecular flexibility index (Phi) is 6.51. The lowest BCUT2D eigenvalue weighted by Crippen LogP contribution is -2.10. The van der Waals surface area contributed by atoms with Crippen molar-refractivity contribution < 1.29 is 14.8 Å². The molecule has 0 saturated carbocycles. The van der Waals surface area contributed by atoms with Gasteiger partial charge in [-0.25, -0.2) is 4.98 Å². The molecule has 0 aliphatic carbocycles. The molecule has 0 amide bonds. The maximum Gasteiger partial charge on any atom is 0.323 e. The lowest BCUT2D eigenvalue weighted by atomic mass is 9.89. The number of aliphatic carboxylic acids is 1. The van der Waals surface area contributed by atoms with E-state index in [2.05, 4.69) is 29.2 Å². The minimum atomic E-state index is -1.02. The van der Waals surface area contributed by atoms with Crippen molar-refractivity contribution in [2.45, 2.75) is 24.0 Å². The summed E-state index contributed by atoms with van der Waals surface area (Å²) in [6, 6.07) is 24.9. The van der Waals surface area contributed by atoms with Crippen LogP contribution in [0.1, 0.15) is 23.5 Å². The van der Waals surface area contributed by atoms with Crippen LogP contribution >= 0.6 is 11.8 Å². The summed E-state index contributed by atoms with van der Waals surface area (Å²) in [6.45, 7) is -0.305. The molecule has 0 aliphatic rings. The fourth-order valence-corrected chi connectivity index (χ4v) is 4.78. The molecular formula is C24H21N3O4S. The van der Waals surface area contributed by atoms with Crippen LogP contribution < -0.4 is 0 Å². The Morgan fingerprint density at radius 2 is 1.66 bits per heavy atom. The molecule has 8 heteroatoms. The van der Waals surface area contributed by atoms with Crippen LogP contribution in [0.5, 0.6) is 0 Å². The maximum absolute atomic E-state index is 11.4. The number of aromatic nitrogens is 2. The summed E-state index contributed by atoms with van der Waals surface area (Å²) in [5, 5.41) is 21.1. The van der Waals surface area contributed by atoms with Gasteiger partial charge in [0.05, 0.1) is 16.0 Å². The normalized spacial score (nSPS) is 11.2. The minimum absolute atomic E-state index is 0.0891. The van der Waals surface area contributed by atoms with E-state index >= 15 is 0 Å². The number of nitro groups is 1. The van der Waals surface area contributed by atoms with Gasteiger partial charge in [-0.15, -0.1) is 0 Å². The van der Waals surface area contributed by atoms with Crippen molar-refractivity contribution >= 4 is 34.5 Å². The van der Waals surface area contributed by atoms with Crippen LogP contribution in [0.15, 0.2) is 84.0 Å². The number of benzene rings is 3. The highest BCUT2D eigenvalue weighted by Gasteiger charge is 2.19. The molecule has 3 aromatic carbocycles. The quantitative estimate of drug-likeness (QED) is 0.211. The van der Waals surface area contributed by atoms with Gasteiger partial charge in [0, 0.05) is 23.8 Å². The van der Waals surface area contributed by atoms with Crippen molar-refractivity contribution in [1.82, 2.24) is 9.55 Å². The first kappa shape index (κ1) is 21.6. The first-order chi connectivity index (χ1) is 15.5. The van der Waals surface area contributed by atoms with Crippen LogP contribution in [0.2, 0.25) is 0 Å². The smallest absolute Gasteiger partial charge is 0.323 e. The number of nitro benzene ring substituents is 1. The largest absolute Gasteiger partial charge is 0.480 e. The highest BCUT2D eigenvalue weighted by Crippen LogP contribution is 2.32. The van der Waals surface area contributed by atoms with Crippen molar-refractivity contribution in [2.75, 3.05) is 5.75 Å². The summed E-state index contributed by atoms with van der Waals surface area (Å²) in [5.41, 5.74) is 3.34. The molecule has 0 unspecified atom stereocenters. The van der Waals surface area contributed by atoms with Crippen molar-refractivity contribution in [3.05, 3.63) is 100 Å². The Morgan fingerprint density at radius 1 is 1.03 bits per heavy atom. The third kappa shape index (κ3) is 4.81. The molecule has 1 aromatic heterocycles. The zero-order valence-electron chi connectivity index (χ0n) is 17.1. The van der Waals surface area contributed by atoms with E-state index in [1.54, 1.807) is 6.07 Å². The average molecular weight is 448 g/mol. The van der Waals surface area contributed by atoms with Crippen LogP contribution in [0.25, 0.3) is 11.0 Å². The number of imidazole rings is 1. The molecule has 0 fully saturated rings. The van der Waals surface area contributed by atoms with Gasteiger partial charge >= 0.3 is 5.97 Å². The number of carboxylic acids is 1. The summed E-state index contributed by atoms with van der Waals surface area (Å²) >= 11 is 1.47. The summed E-state index contributed by atoms with van der Waals surface area (Å²) in [7, 11) is 0. The van der Waals surface area contributed by atoms with E-state index in [0.717, 1.165) is 6.42 Å². The summed E-state index contributed by atoms with van der Waals surface area (Å²) in [4.78, 5) is 26.7. The van der Waals surface area contributed by atoms with E-state index in [1.807, 2.05) is 36.4 Å². The van der Waals surface area contributed by atoms with Gasteiger partial charge in [-0.3, -0.25) is 14.9 Å². The molecule has 0 atom stereocenters. The second kappa shape index (κ2) is 9.65. The standard InChI is InChI=1S/C24H21N3O4S/c28-23(29)16-26-22-15-19(27(30)31)11-12-21(22)25-24(26)32-14-13-20(17-7-3-1-4-8-17)18-9-5-2-6-10-18/h1-12,15,20H,13-14,16H2,(H,28,29). The topological polar surface area (TPSA) is 98.3 Å². The third-order valence-corrected chi connectivity index (χ3v) is 6.25. The lowest BCUT2D eigenvalue weighted by Gasteiger charge is -2.18. The van der Waals surface area contributed by atoms with Crippen LogP contribution in [0.3, 0.4) is 0 Å². The fraction of sp³-hybridized carbons (Fsp3) is 0.167. The molecule has 1 N–H and O–H groups in total. The van der Waals surface area contributed by atoms with E-state index in [4.69, 9.17) is 0 Å². The van der Waals surface area contributed by atoms with Crippen LogP contribution in [0, 0.1) is 10.1 Å². The molecule has 162 valence electrons. The van der Waals surface area contributed by atoms with Crippen molar-refractivity contribution in [3.8, 4) is 0 Å². The van der Waals surface area contributed by atoms with E-state index < -0.39 is 10.9 Å². The van der Waals surface area contributed by atoms with Crippen LogP contribution in [0.4, 0.5) is 5.69 Å². The Balaban J connectivity index is 1.60. The summed E-state index contributed by atoms with van der Waals surface area (Å²) < 4.78 is 1.54. The molecule has 0 spiro atoms. The highest BCUT2D eigenvalue weighted by atomic mass is 32.2. The predicted octanol–water partition coefficient (Wildman–Crippen LogP) is 5.34. The van der Waals surface area contributed by atoms with E-state index in [-0.39, 0.29) is 18.2 Å². The molecule has 0 aliphatic heterocycles. The summed E-state index contributed by atoms with van der Waals surface area (Å²) in [6.07, 6.45) is 0.828. The fourth-order valence-electron chi connectivity index (χ4n) is 3.77. The number of thioether (sulfide) groups is 1. The van der Waals surface area contributed by atoms with Crippen molar-refractivity contribution in [1.29, 1.82) is 0 Å². The van der Waals surface area contributed by atoms with Gasteiger partial charge in [0.25, 0.3) is 5.69 Å². The zero-order chi connectivity index (χ0) is 22.5. The molecule has 32 heavy (non-hydrogen) atoms. The van der Waals surface area contributed by atoms with Gasteiger partial charge in [-0.1, -0.05) is 72.4 Å². The molecule has 4 rings (SSSR count). The van der Waals surface area contributed by atoms with Gasteiger partial charge in [0.15, 0.2) is 5.16 Å². The zero-order valence-corrected chi connectivity index (χ0v) is 17.9. The van der Waals surface area contributed by atoms with Gasteiger partial charge in [-0.05, 0) is 23.6 Å². The number of carbonyl (C=O) groups is 1. The number of rotatable bonds is 9. The second-order valence-electron chi connectivity index (χ2n) is 7.32. The van der Waals surface area contributed by atoms with E-state index in [9.17, 15) is 20.0 Å². The molecule has 7 nitrogen and oxygen atoms in total. The first-order valence-corrected chi connectivity index (χ1v) is 11.1. The van der Waals surface area contributed by atoms with E-state index in [1.165, 1.54) is 39.6 Å². The monoisotopic (exact) mass is 447 g/mol. The molecule has 0 radical (unpaired) electrons. The minimum Gasteiger partial charge on any atom is -0.480 e. The molecular weight excluding hydrogens is 426 g/mol. The number of hydrogen-bond donors (Lipinski definition) is 1. The highest BCUT2D eigenvalue weighted by molar-refractivity contribution is 7.99. The lowest BCUT2D eigenvalue weighted by molar-refractivity contribution is -0.384. The first-order valence-electron chi connectivity index (χ1n) is 10.1. The van der Waals surface area contributed by atoms with Crippen molar-refractivity contribution in [3.63, 3.8) is 0 Å². The Hall–Kier alpha value is -3.65. The third-order valence-electron chi connectivity index (χ3n) is 5.24. The van der Waals surface area contributed by atoms with Gasteiger partial charge in [-0.2, -0.15) is 0 Å². The molecule has 1 heterocycles. The number of fused-ring (bicyclic) bond motifs is 1. The number of hydrogen-bond acceptors (Lipinski definition) is 5. The number of carboxylic acid groups (broad SMARTS) is 1. The average Bonchev–Trinajstić information content (AvgIpc) is 3.14. The molecule has 0 saturated heterocycles. The van der Waals surface area contributed by atoms with Crippen molar-refractivity contribution in [2.24, 2.45) is 0 Å². The second-order valence-corrected chi connectivity index (χ2v) is 8.38. The van der Waals surface area contributed by atoms with Gasteiger partial charge in [0.1, 0.15) is 6.54 Å². The number of non-ortho nitro benzene ring substituents is 1. The maximum atomic E-state index is 11.4. The molecule has 4 aromatic rings. The Morgan fingerprint density at radius 3 is 2.22 bits per heavy atom. The van der Waals surface area contributed by atoms with Gasteiger partial charge in [0.2, 0.25) is 0 Å². The van der Waals surface area contributed by atoms with Crippen LogP contribution in [-0.2, 0) is 11.3 Å². The summed E-state index contributed by atoms with van der Waals surface area (Å²) in [5.74, 6) is -0.119. The number of nitrogens with zero attached hydrogens (tertiary/aromatic N) is 3. The van der Waals surface area contributed by atoms with Gasteiger partial charge < -0.3 is 9.67 Å². The Labute approximate surface area is 188 Å². The Bertz CT molecular complexity index is 1200. The molecule has 0 bridgehead atoms. The van der Waals surface area contributed by atoms with E-state index in [0.29, 0.717) is 21.9 Å².